The van der Waals surface area contributed by atoms with Crippen LogP contribution >= 0.6 is 11.6 Å². The van der Waals surface area contributed by atoms with Gasteiger partial charge in [-0.2, -0.15) is 0 Å². The van der Waals surface area contributed by atoms with Crippen molar-refractivity contribution in [1.82, 2.24) is 0 Å². The Labute approximate surface area is 152 Å². The van der Waals surface area contributed by atoms with Crippen molar-refractivity contribution in [2.45, 2.75) is 13.8 Å². The van der Waals surface area contributed by atoms with E-state index in [4.69, 9.17) is 25.8 Å². The van der Waals surface area contributed by atoms with Crippen LogP contribution in [0.25, 0.3) is 0 Å². The summed E-state index contributed by atoms with van der Waals surface area (Å²) in [7, 11) is 4.54. The highest BCUT2D eigenvalue weighted by Gasteiger charge is 2.15. The van der Waals surface area contributed by atoms with Crippen LogP contribution in [0.15, 0.2) is 24.3 Å². The lowest BCUT2D eigenvalue weighted by Crippen LogP contribution is -2.20. The topological polar surface area (TPSA) is 68.8 Å². The van der Waals surface area contributed by atoms with Gasteiger partial charge in [-0.15, -0.1) is 0 Å². The fourth-order valence-corrected chi connectivity index (χ4v) is 2.87. The highest BCUT2D eigenvalue weighted by molar-refractivity contribution is 6.34. The molecule has 0 aromatic heterocycles. The molecule has 0 heterocycles. The molecule has 0 aliphatic heterocycles. The van der Waals surface area contributed by atoms with Crippen LogP contribution < -0.4 is 24.8 Å². The minimum atomic E-state index is -0.428. The zero-order chi connectivity index (χ0) is 18.6. The summed E-state index contributed by atoms with van der Waals surface area (Å²) < 4.78 is 15.8. The van der Waals surface area contributed by atoms with E-state index in [-0.39, 0.29) is 0 Å². The highest BCUT2D eigenvalue weighted by atomic mass is 35.5. The Morgan fingerprint density at radius 1 is 0.920 bits per heavy atom. The molecule has 0 aliphatic rings. The lowest BCUT2D eigenvalue weighted by molar-refractivity contribution is 0.262. The van der Waals surface area contributed by atoms with E-state index in [1.165, 1.54) is 21.3 Å². The second-order valence-corrected chi connectivity index (χ2v) is 5.84. The predicted octanol–water partition coefficient (Wildman–Crippen LogP) is 4.63. The third-order valence-electron chi connectivity index (χ3n) is 3.59. The quantitative estimate of drug-likeness (QED) is 0.811. The number of halogens is 1. The lowest BCUT2D eigenvalue weighted by atomic mass is 10.1. The van der Waals surface area contributed by atoms with Crippen LogP contribution in [-0.4, -0.2) is 27.4 Å². The van der Waals surface area contributed by atoms with E-state index in [9.17, 15) is 4.79 Å². The lowest BCUT2D eigenvalue weighted by Gasteiger charge is -2.16. The van der Waals surface area contributed by atoms with Gasteiger partial charge in [0.1, 0.15) is 0 Å². The number of methoxy groups -OCH3 is 3. The van der Waals surface area contributed by atoms with E-state index >= 15 is 0 Å². The molecule has 0 bridgehead atoms. The van der Waals surface area contributed by atoms with Gasteiger partial charge in [-0.3, -0.25) is 0 Å². The number of carbonyl (C=O) groups excluding carboxylic acids is 1. The summed E-state index contributed by atoms with van der Waals surface area (Å²) in [5, 5.41) is 5.98. The van der Waals surface area contributed by atoms with Gasteiger partial charge in [-0.05, 0) is 31.0 Å². The molecule has 134 valence electrons. The van der Waals surface area contributed by atoms with E-state index in [1.54, 1.807) is 18.2 Å². The largest absolute Gasteiger partial charge is 0.493 e. The molecule has 0 saturated carbocycles. The van der Waals surface area contributed by atoms with Gasteiger partial charge in [0.2, 0.25) is 5.75 Å². The van der Waals surface area contributed by atoms with Crippen LogP contribution in [0.4, 0.5) is 16.2 Å². The molecule has 6 nitrogen and oxygen atoms in total. The Kier molecular flexibility index (Phi) is 5.98. The summed E-state index contributed by atoms with van der Waals surface area (Å²) in [5.41, 5.74) is 2.97. The third kappa shape index (κ3) is 4.28. The average molecular weight is 365 g/mol. The first-order chi connectivity index (χ1) is 11.9. The van der Waals surface area contributed by atoms with Crippen LogP contribution in [0.5, 0.6) is 17.2 Å². The average Bonchev–Trinajstić information content (AvgIpc) is 2.57. The predicted molar refractivity (Wildman–Crippen MR) is 99.7 cm³/mol. The number of ether oxygens (including phenoxy) is 3. The number of anilines is 2. The van der Waals surface area contributed by atoms with Gasteiger partial charge >= 0.3 is 6.03 Å². The molecule has 7 heteroatoms. The second-order valence-electron chi connectivity index (χ2n) is 5.43. The summed E-state index contributed by atoms with van der Waals surface area (Å²) in [4.78, 5) is 12.3. The maximum Gasteiger partial charge on any atom is 0.323 e. The Morgan fingerprint density at radius 2 is 1.52 bits per heavy atom. The van der Waals surface area contributed by atoms with Crippen molar-refractivity contribution < 1.29 is 19.0 Å². The Morgan fingerprint density at radius 3 is 2.00 bits per heavy atom. The van der Waals surface area contributed by atoms with E-state index in [2.05, 4.69) is 10.6 Å². The number of hydrogen-bond acceptors (Lipinski definition) is 4. The standard InChI is InChI=1S/C18H21ClN2O4/c1-10-6-11(2)16(13(19)7-10)21-18(22)20-12-8-14(23-3)17(25-5)15(9-12)24-4/h6-9H,1-5H3,(H2,20,21,22). The van der Waals surface area contributed by atoms with Crippen molar-refractivity contribution in [1.29, 1.82) is 0 Å². The van der Waals surface area contributed by atoms with Crippen molar-refractivity contribution in [2.24, 2.45) is 0 Å². The molecule has 2 N–H and O–H groups in total. The van der Waals surface area contributed by atoms with Crippen LogP contribution in [0.2, 0.25) is 5.02 Å². The zero-order valence-corrected chi connectivity index (χ0v) is 15.6. The molecule has 0 aliphatic carbocycles. The Hall–Kier alpha value is -2.60. The van der Waals surface area contributed by atoms with Crippen molar-refractivity contribution in [3.63, 3.8) is 0 Å². The number of benzene rings is 2. The second kappa shape index (κ2) is 7.98. The molecule has 25 heavy (non-hydrogen) atoms. The number of nitrogens with one attached hydrogen (secondary N) is 2. The van der Waals surface area contributed by atoms with Gasteiger partial charge in [0.05, 0.1) is 37.7 Å². The molecule has 2 amide bonds. The van der Waals surface area contributed by atoms with E-state index in [0.29, 0.717) is 33.6 Å². The van der Waals surface area contributed by atoms with Crippen LogP contribution in [0.3, 0.4) is 0 Å². The molecular formula is C18H21ClN2O4. The molecule has 0 radical (unpaired) electrons. The molecule has 2 rings (SSSR count). The normalized spacial score (nSPS) is 10.2. The van der Waals surface area contributed by atoms with Crippen LogP contribution in [0.1, 0.15) is 11.1 Å². The summed E-state index contributed by atoms with van der Waals surface area (Å²) in [6.45, 7) is 3.83. The van der Waals surface area contributed by atoms with Crippen molar-refractivity contribution in [3.8, 4) is 17.2 Å². The van der Waals surface area contributed by atoms with Crippen LogP contribution in [0, 0.1) is 13.8 Å². The number of urea groups is 1. The smallest absolute Gasteiger partial charge is 0.323 e. The van der Waals surface area contributed by atoms with Gasteiger partial charge < -0.3 is 24.8 Å². The molecule has 2 aromatic carbocycles. The van der Waals surface area contributed by atoms with E-state index in [0.717, 1.165) is 11.1 Å². The summed E-state index contributed by atoms with van der Waals surface area (Å²) in [5.74, 6) is 1.34. The first-order valence-corrected chi connectivity index (χ1v) is 7.92. The van der Waals surface area contributed by atoms with Gasteiger partial charge in [0, 0.05) is 12.1 Å². The third-order valence-corrected chi connectivity index (χ3v) is 3.89. The Balaban J connectivity index is 2.24. The van der Waals surface area contributed by atoms with E-state index in [1.807, 2.05) is 19.9 Å². The Bertz CT molecular complexity index is 745. The highest BCUT2D eigenvalue weighted by Crippen LogP contribution is 2.40. The monoisotopic (exact) mass is 364 g/mol. The van der Waals surface area contributed by atoms with Crippen molar-refractivity contribution >= 4 is 29.0 Å². The van der Waals surface area contributed by atoms with Gasteiger partial charge in [-0.1, -0.05) is 17.7 Å². The SMILES string of the molecule is COc1cc(NC(=O)Nc2c(C)cc(C)cc2Cl)cc(OC)c1OC. The molecule has 0 unspecified atom stereocenters. The fourth-order valence-electron chi connectivity index (χ4n) is 2.50. The molecular weight excluding hydrogens is 344 g/mol. The number of aryl methyl sites for hydroxylation is 2. The van der Waals surface area contributed by atoms with Crippen molar-refractivity contribution in [2.75, 3.05) is 32.0 Å². The van der Waals surface area contributed by atoms with Gasteiger partial charge in [0.15, 0.2) is 11.5 Å². The maximum atomic E-state index is 12.3. The molecule has 2 aromatic rings. The molecule has 0 saturated heterocycles. The van der Waals surface area contributed by atoms with Gasteiger partial charge in [0.25, 0.3) is 0 Å². The number of amides is 2. The summed E-state index contributed by atoms with van der Waals surface area (Å²) in [6.07, 6.45) is 0. The number of rotatable bonds is 5. The van der Waals surface area contributed by atoms with E-state index < -0.39 is 6.03 Å². The minimum absolute atomic E-state index is 0.428. The van der Waals surface area contributed by atoms with Crippen molar-refractivity contribution in [3.05, 3.63) is 40.4 Å². The zero-order valence-electron chi connectivity index (χ0n) is 14.8. The fraction of sp³-hybridized carbons (Fsp3) is 0.278. The molecule has 0 atom stereocenters. The minimum Gasteiger partial charge on any atom is -0.493 e. The maximum absolute atomic E-state index is 12.3. The first kappa shape index (κ1) is 18.7. The summed E-state index contributed by atoms with van der Waals surface area (Å²) in [6, 6.07) is 6.60. The molecule has 0 fully saturated rings. The number of hydrogen-bond donors (Lipinski definition) is 2. The van der Waals surface area contributed by atoms with Crippen LogP contribution in [-0.2, 0) is 0 Å². The number of carbonyl (C=O) groups is 1. The molecule has 0 spiro atoms. The first-order valence-electron chi connectivity index (χ1n) is 7.54. The summed E-state index contributed by atoms with van der Waals surface area (Å²) >= 11 is 6.22. The van der Waals surface area contributed by atoms with Gasteiger partial charge in [-0.25, -0.2) is 4.79 Å².